The summed E-state index contributed by atoms with van der Waals surface area (Å²) < 4.78 is 1.59. The zero-order chi connectivity index (χ0) is 17.9. The highest BCUT2D eigenvalue weighted by molar-refractivity contribution is 6.30. The van der Waals surface area contributed by atoms with Crippen LogP contribution in [0.2, 0.25) is 5.02 Å². The largest absolute Gasteiger partial charge is 0.317 e. The van der Waals surface area contributed by atoms with Gasteiger partial charge in [-0.05, 0) is 36.4 Å². The average molecular weight is 365 g/mol. The number of anilines is 1. The second kappa shape index (κ2) is 6.81. The number of hydrogen-bond acceptors (Lipinski definition) is 4. The lowest BCUT2D eigenvalue weighted by Gasteiger charge is -2.04. The van der Waals surface area contributed by atoms with E-state index in [0.717, 1.165) is 5.69 Å². The minimum absolute atomic E-state index is 0.276. The lowest BCUT2D eigenvalue weighted by atomic mass is 10.2. The minimum atomic E-state index is -0.343. The van der Waals surface area contributed by atoms with E-state index in [1.807, 2.05) is 30.3 Å². The Morgan fingerprint density at radius 2 is 2.08 bits per heavy atom. The van der Waals surface area contributed by atoms with Crippen molar-refractivity contribution in [2.45, 2.75) is 0 Å². The lowest BCUT2D eigenvalue weighted by Crippen LogP contribution is -2.13. The van der Waals surface area contributed by atoms with Gasteiger partial charge in [0.2, 0.25) is 0 Å². The molecule has 0 saturated heterocycles. The maximum Gasteiger partial charge on any atom is 0.276 e. The van der Waals surface area contributed by atoms with Gasteiger partial charge < -0.3 is 5.32 Å². The van der Waals surface area contributed by atoms with Crippen LogP contribution in [-0.2, 0) is 0 Å². The number of carbonyl (C=O) groups excluding carboxylic acids is 1. The molecule has 1 aromatic carbocycles. The molecule has 0 aliphatic heterocycles. The Morgan fingerprint density at radius 3 is 2.88 bits per heavy atom. The van der Waals surface area contributed by atoms with Crippen LogP contribution >= 0.6 is 11.6 Å². The van der Waals surface area contributed by atoms with E-state index in [9.17, 15) is 4.79 Å². The highest BCUT2D eigenvalue weighted by Crippen LogP contribution is 2.23. The molecule has 0 unspecified atom stereocenters. The molecule has 4 aromatic rings. The van der Waals surface area contributed by atoms with Crippen LogP contribution in [0, 0.1) is 0 Å². The molecule has 7 nitrogen and oxygen atoms in total. The first kappa shape index (κ1) is 16.0. The number of aromatic nitrogens is 5. The Morgan fingerprint density at radius 1 is 1.15 bits per heavy atom. The molecule has 0 aliphatic rings. The molecular weight excluding hydrogens is 352 g/mol. The summed E-state index contributed by atoms with van der Waals surface area (Å²) >= 11 is 6.00. The van der Waals surface area contributed by atoms with Crippen LogP contribution in [0.3, 0.4) is 0 Å². The Balaban J connectivity index is 1.56. The second-order valence-electron chi connectivity index (χ2n) is 5.45. The summed E-state index contributed by atoms with van der Waals surface area (Å²) in [5, 5.41) is 14.5. The Labute approximate surface area is 153 Å². The molecule has 2 N–H and O–H groups in total. The normalized spacial score (nSPS) is 10.7. The standard InChI is InChI=1S/C18H13ClN6O/c19-12-4-3-5-13(10-12)25-9-7-15(24-25)18(26)22-16-11-21-23-17(16)14-6-1-2-8-20-14/h1-11H,(H,21,23)(H,22,26). The Hall–Kier alpha value is -3.45. The molecule has 0 spiro atoms. The van der Waals surface area contributed by atoms with Crippen LogP contribution < -0.4 is 5.32 Å². The van der Waals surface area contributed by atoms with Gasteiger partial charge in [0.05, 0.1) is 23.3 Å². The predicted octanol–water partition coefficient (Wildman–Crippen LogP) is 3.56. The number of nitrogens with zero attached hydrogens (tertiary/aromatic N) is 4. The summed E-state index contributed by atoms with van der Waals surface area (Å²) in [7, 11) is 0. The zero-order valence-electron chi connectivity index (χ0n) is 13.4. The molecule has 0 atom stereocenters. The molecule has 0 fully saturated rings. The first-order chi connectivity index (χ1) is 12.7. The van der Waals surface area contributed by atoms with E-state index in [1.165, 1.54) is 6.20 Å². The van der Waals surface area contributed by atoms with E-state index in [1.54, 1.807) is 35.3 Å². The quantitative estimate of drug-likeness (QED) is 0.579. The summed E-state index contributed by atoms with van der Waals surface area (Å²) in [6.45, 7) is 0. The van der Waals surface area contributed by atoms with E-state index in [-0.39, 0.29) is 11.6 Å². The lowest BCUT2D eigenvalue weighted by molar-refractivity contribution is 0.102. The number of halogens is 1. The average Bonchev–Trinajstić information content (AvgIpc) is 3.32. The molecule has 8 heteroatoms. The second-order valence-corrected chi connectivity index (χ2v) is 5.89. The third-order valence-electron chi connectivity index (χ3n) is 3.70. The van der Waals surface area contributed by atoms with E-state index < -0.39 is 0 Å². The van der Waals surface area contributed by atoms with Crippen LogP contribution in [0.4, 0.5) is 5.69 Å². The van der Waals surface area contributed by atoms with Crippen LogP contribution in [0.15, 0.2) is 67.1 Å². The maximum atomic E-state index is 12.5. The number of aromatic amines is 1. The van der Waals surface area contributed by atoms with Crippen molar-refractivity contribution in [2.75, 3.05) is 5.32 Å². The fourth-order valence-corrected chi connectivity index (χ4v) is 2.67. The smallest absolute Gasteiger partial charge is 0.276 e. The number of hydrogen-bond donors (Lipinski definition) is 2. The van der Waals surface area contributed by atoms with Gasteiger partial charge in [0.1, 0.15) is 5.69 Å². The van der Waals surface area contributed by atoms with Crippen molar-refractivity contribution >= 4 is 23.2 Å². The van der Waals surface area contributed by atoms with Gasteiger partial charge >= 0.3 is 0 Å². The Bertz CT molecular complexity index is 1060. The van der Waals surface area contributed by atoms with Crippen molar-refractivity contribution in [1.29, 1.82) is 0 Å². The number of nitrogens with one attached hydrogen (secondary N) is 2. The Kier molecular flexibility index (Phi) is 4.20. The fourth-order valence-electron chi connectivity index (χ4n) is 2.48. The number of benzene rings is 1. The maximum absolute atomic E-state index is 12.5. The fraction of sp³-hybridized carbons (Fsp3) is 0. The number of rotatable bonds is 4. The molecule has 1 amide bonds. The van der Waals surface area contributed by atoms with Gasteiger partial charge in [0, 0.05) is 17.4 Å². The molecule has 0 aliphatic carbocycles. The van der Waals surface area contributed by atoms with Gasteiger partial charge in [0.15, 0.2) is 5.69 Å². The predicted molar refractivity (Wildman–Crippen MR) is 98.3 cm³/mol. The van der Waals surface area contributed by atoms with E-state index >= 15 is 0 Å². The zero-order valence-corrected chi connectivity index (χ0v) is 14.2. The third kappa shape index (κ3) is 3.20. The first-order valence-electron chi connectivity index (χ1n) is 7.78. The first-order valence-corrected chi connectivity index (χ1v) is 8.16. The summed E-state index contributed by atoms with van der Waals surface area (Å²) in [4.78, 5) is 16.8. The number of pyridine rings is 1. The molecular formula is C18H13ClN6O. The van der Waals surface area contributed by atoms with Gasteiger partial charge in [-0.25, -0.2) is 4.68 Å². The summed E-state index contributed by atoms with van der Waals surface area (Å²) in [6, 6.07) is 14.4. The molecule has 4 rings (SSSR count). The van der Waals surface area contributed by atoms with E-state index in [2.05, 4.69) is 25.6 Å². The summed E-state index contributed by atoms with van der Waals surface area (Å²) in [5.41, 5.74) is 2.90. The van der Waals surface area contributed by atoms with Crippen molar-refractivity contribution in [1.82, 2.24) is 25.0 Å². The topological polar surface area (TPSA) is 88.5 Å². The van der Waals surface area contributed by atoms with Crippen LogP contribution in [0.5, 0.6) is 0 Å². The van der Waals surface area contributed by atoms with Crippen molar-refractivity contribution < 1.29 is 4.79 Å². The number of amides is 1. The third-order valence-corrected chi connectivity index (χ3v) is 3.94. The highest BCUT2D eigenvalue weighted by atomic mass is 35.5. The molecule has 0 bridgehead atoms. The summed E-state index contributed by atoms with van der Waals surface area (Å²) in [5.74, 6) is -0.343. The molecule has 128 valence electrons. The van der Waals surface area contributed by atoms with Crippen LogP contribution in [0.1, 0.15) is 10.5 Å². The molecule has 26 heavy (non-hydrogen) atoms. The molecule has 3 heterocycles. The van der Waals surface area contributed by atoms with E-state index in [4.69, 9.17) is 11.6 Å². The van der Waals surface area contributed by atoms with Gasteiger partial charge in [-0.15, -0.1) is 0 Å². The minimum Gasteiger partial charge on any atom is -0.317 e. The van der Waals surface area contributed by atoms with Gasteiger partial charge in [-0.1, -0.05) is 23.7 Å². The van der Waals surface area contributed by atoms with Gasteiger partial charge in [0.25, 0.3) is 5.91 Å². The van der Waals surface area contributed by atoms with Crippen molar-refractivity contribution in [2.24, 2.45) is 0 Å². The monoisotopic (exact) mass is 364 g/mol. The number of carbonyl (C=O) groups is 1. The molecule has 0 radical (unpaired) electrons. The van der Waals surface area contributed by atoms with Crippen molar-refractivity contribution in [3.8, 4) is 17.1 Å². The number of H-pyrrole nitrogens is 1. The van der Waals surface area contributed by atoms with Crippen LogP contribution in [-0.4, -0.2) is 30.9 Å². The highest BCUT2D eigenvalue weighted by Gasteiger charge is 2.15. The molecule has 3 aromatic heterocycles. The molecule has 0 saturated carbocycles. The van der Waals surface area contributed by atoms with Gasteiger partial charge in [-0.3, -0.25) is 14.9 Å². The summed E-state index contributed by atoms with van der Waals surface area (Å²) in [6.07, 6.45) is 4.92. The van der Waals surface area contributed by atoms with Crippen molar-refractivity contribution in [3.63, 3.8) is 0 Å². The SMILES string of the molecule is O=C(Nc1cn[nH]c1-c1ccccn1)c1ccn(-c2cccc(Cl)c2)n1. The van der Waals surface area contributed by atoms with Crippen molar-refractivity contribution in [3.05, 3.63) is 77.8 Å². The van der Waals surface area contributed by atoms with Gasteiger partial charge in [-0.2, -0.15) is 10.2 Å². The van der Waals surface area contributed by atoms with E-state index in [0.29, 0.717) is 22.1 Å². The van der Waals surface area contributed by atoms with Crippen LogP contribution in [0.25, 0.3) is 17.1 Å².